The third-order valence-electron chi connectivity index (χ3n) is 5.69. The zero-order valence-corrected chi connectivity index (χ0v) is 17.7. The van der Waals surface area contributed by atoms with E-state index < -0.39 is 0 Å². The van der Waals surface area contributed by atoms with Crippen LogP contribution in [0.3, 0.4) is 0 Å². The summed E-state index contributed by atoms with van der Waals surface area (Å²) in [5, 5.41) is 6.55. The molecule has 2 aromatic heterocycles. The van der Waals surface area contributed by atoms with Gasteiger partial charge in [-0.1, -0.05) is 19.1 Å². The highest BCUT2D eigenvalue weighted by Crippen LogP contribution is 2.31. The number of carbonyl (C=O) groups is 1. The molecule has 1 aliphatic rings. The molecule has 1 fully saturated rings. The Morgan fingerprint density at radius 3 is 2.90 bits per heavy atom. The average molecular weight is 410 g/mol. The molecule has 1 aliphatic heterocycles. The molecule has 1 amide bonds. The summed E-state index contributed by atoms with van der Waals surface area (Å²) in [7, 11) is 1.66. The fourth-order valence-electron chi connectivity index (χ4n) is 4.06. The molecule has 1 saturated heterocycles. The maximum atomic E-state index is 13.1. The van der Waals surface area contributed by atoms with Gasteiger partial charge >= 0.3 is 0 Å². The van der Waals surface area contributed by atoms with E-state index in [-0.39, 0.29) is 17.9 Å². The second-order valence-corrected chi connectivity index (χ2v) is 8.44. The van der Waals surface area contributed by atoms with Crippen LogP contribution in [0.4, 0.5) is 5.82 Å². The van der Waals surface area contributed by atoms with Crippen LogP contribution in [0.2, 0.25) is 0 Å². The number of carbonyl (C=O) groups excluding carboxylic acids is 1. The summed E-state index contributed by atoms with van der Waals surface area (Å²) in [6.07, 6.45) is 4.64. The maximum Gasteiger partial charge on any atom is 0.225 e. The summed E-state index contributed by atoms with van der Waals surface area (Å²) >= 11 is 1.73. The first kappa shape index (κ1) is 19.7. The van der Waals surface area contributed by atoms with Crippen molar-refractivity contribution in [3.63, 3.8) is 0 Å². The summed E-state index contributed by atoms with van der Waals surface area (Å²) in [4.78, 5) is 20.0. The van der Waals surface area contributed by atoms with E-state index in [1.54, 1.807) is 18.4 Å². The molecule has 2 unspecified atom stereocenters. The SMILES string of the molecule is CCC(NC(=O)C1CCCN(c2nccc3sccc23)C1)c1ccc(OC)cc1. The number of aromatic nitrogens is 1. The van der Waals surface area contributed by atoms with Gasteiger partial charge in [0.2, 0.25) is 5.91 Å². The Labute approximate surface area is 175 Å². The van der Waals surface area contributed by atoms with Crippen molar-refractivity contribution < 1.29 is 9.53 Å². The van der Waals surface area contributed by atoms with E-state index in [4.69, 9.17) is 4.74 Å². The molecule has 3 heterocycles. The summed E-state index contributed by atoms with van der Waals surface area (Å²) < 4.78 is 6.48. The Morgan fingerprint density at radius 2 is 2.14 bits per heavy atom. The molecule has 2 atom stereocenters. The van der Waals surface area contributed by atoms with Gasteiger partial charge in [0.05, 0.1) is 19.1 Å². The summed E-state index contributed by atoms with van der Waals surface area (Å²) in [6, 6.07) is 12.1. The lowest BCUT2D eigenvalue weighted by atomic mass is 9.95. The Balaban J connectivity index is 1.46. The number of pyridine rings is 1. The largest absolute Gasteiger partial charge is 0.497 e. The van der Waals surface area contributed by atoms with Crippen molar-refractivity contribution >= 4 is 33.1 Å². The second-order valence-electron chi connectivity index (χ2n) is 7.49. The van der Waals surface area contributed by atoms with E-state index in [0.29, 0.717) is 6.54 Å². The lowest BCUT2D eigenvalue weighted by Crippen LogP contribution is -2.44. The molecule has 0 bridgehead atoms. The number of benzene rings is 1. The number of thiophene rings is 1. The minimum atomic E-state index is -0.0215. The number of nitrogens with zero attached hydrogens (tertiary/aromatic N) is 2. The fourth-order valence-corrected chi connectivity index (χ4v) is 4.84. The number of ether oxygens (including phenoxy) is 1. The summed E-state index contributed by atoms with van der Waals surface area (Å²) in [6.45, 7) is 3.76. The number of nitrogens with one attached hydrogen (secondary N) is 1. The van der Waals surface area contributed by atoms with Gasteiger partial charge in [0.1, 0.15) is 11.6 Å². The lowest BCUT2D eigenvalue weighted by Gasteiger charge is -2.34. The smallest absolute Gasteiger partial charge is 0.225 e. The predicted octanol–water partition coefficient (Wildman–Crippen LogP) is 4.79. The van der Waals surface area contributed by atoms with E-state index in [2.05, 4.69) is 39.6 Å². The van der Waals surface area contributed by atoms with Crippen LogP contribution in [0, 0.1) is 5.92 Å². The van der Waals surface area contributed by atoms with Crippen LogP contribution in [-0.4, -0.2) is 31.1 Å². The summed E-state index contributed by atoms with van der Waals surface area (Å²) in [5.41, 5.74) is 1.11. The zero-order chi connectivity index (χ0) is 20.2. The van der Waals surface area contributed by atoms with Crippen LogP contribution in [0.15, 0.2) is 48.0 Å². The van der Waals surface area contributed by atoms with Gasteiger partial charge in [-0.15, -0.1) is 11.3 Å². The number of fused-ring (bicyclic) bond motifs is 1. The molecular formula is C23H27N3O2S. The minimum absolute atomic E-state index is 0.0159. The van der Waals surface area contributed by atoms with Gasteiger partial charge in [-0.05, 0) is 54.5 Å². The third-order valence-corrected chi connectivity index (χ3v) is 6.58. The van der Waals surface area contributed by atoms with Crippen molar-refractivity contribution in [2.24, 2.45) is 5.92 Å². The molecule has 4 rings (SSSR count). The molecule has 6 heteroatoms. The highest BCUT2D eigenvalue weighted by atomic mass is 32.1. The number of anilines is 1. The molecule has 5 nitrogen and oxygen atoms in total. The Morgan fingerprint density at radius 1 is 1.31 bits per heavy atom. The van der Waals surface area contributed by atoms with Crippen LogP contribution >= 0.6 is 11.3 Å². The van der Waals surface area contributed by atoms with Crippen LogP contribution in [-0.2, 0) is 4.79 Å². The zero-order valence-electron chi connectivity index (χ0n) is 16.9. The standard InChI is InChI=1S/C23H27N3O2S/c1-3-20(16-6-8-18(28-2)9-7-16)25-23(27)17-5-4-13-26(15-17)22-19-11-14-29-21(19)10-12-24-22/h6-12,14,17,20H,3-5,13,15H2,1-2H3,(H,25,27). The highest BCUT2D eigenvalue weighted by Gasteiger charge is 2.28. The molecule has 1 aromatic carbocycles. The van der Waals surface area contributed by atoms with E-state index in [0.717, 1.165) is 42.9 Å². The van der Waals surface area contributed by atoms with Gasteiger partial charge in [-0.2, -0.15) is 0 Å². The van der Waals surface area contributed by atoms with E-state index >= 15 is 0 Å². The fraction of sp³-hybridized carbons (Fsp3) is 0.391. The Hall–Kier alpha value is -2.60. The third kappa shape index (κ3) is 4.22. The van der Waals surface area contributed by atoms with Crippen molar-refractivity contribution in [2.75, 3.05) is 25.1 Å². The van der Waals surface area contributed by atoms with E-state index in [1.165, 1.54) is 10.1 Å². The van der Waals surface area contributed by atoms with Gasteiger partial charge in [0.15, 0.2) is 0 Å². The van der Waals surface area contributed by atoms with Crippen molar-refractivity contribution in [3.8, 4) is 5.75 Å². The number of piperidine rings is 1. The van der Waals surface area contributed by atoms with E-state index in [9.17, 15) is 4.79 Å². The van der Waals surface area contributed by atoms with Gasteiger partial charge < -0.3 is 15.0 Å². The lowest BCUT2D eigenvalue weighted by molar-refractivity contribution is -0.126. The molecule has 3 aromatic rings. The maximum absolute atomic E-state index is 13.1. The van der Waals surface area contributed by atoms with Gasteiger partial charge in [-0.25, -0.2) is 4.98 Å². The van der Waals surface area contributed by atoms with Crippen LogP contribution in [0.5, 0.6) is 5.75 Å². The molecule has 1 N–H and O–H groups in total. The second kappa shape index (κ2) is 8.82. The van der Waals surface area contributed by atoms with Crippen molar-refractivity contribution in [1.29, 1.82) is 0 Å². The average Bonchev–Trinajstić information content (AvgIpc) is 3.26. The highest BCUT2D eigenvalue weighted by molar-refractivity contribution is 7.17. The Kier molecular flexibility index (Phi) is 6.00. The minimum Gasteiger partial charge on any atom is -0.497 e. The normalized spacial score (nSPS) is 17.9. The van der Waals surface area contributed by atoms with Crippen LogP contribution in [0.1, 0.15) is 37.8 Å². The van der Waals surface area contributed by atoms with Crippen LogP contribution < -0.4 is 15.0 Å². The van der Waals surface area contributed by atoms with Crippen molar-refractivity contribution in [3.05, 3.63) is 53.5 Å². The van der Waals surface area contributed by atoms with Crippen molar-refractivity contribution in [1.82, 2.24) is 10.3 Å². The quantitative estimate of drug-likeness (QED) is 0.636. The van der Waals surface area contributed by atoms with Gasteiger partial charge in [-0.3, -0.25) is 4.79 Å². The number of hydrogen-bond donors (Lipinski definition) is 1. The molecule has 0 spiro atoms. The number of hydrogen-bond acceptors (Lipinski definition) is 5. The first-order chi connectivity index (χ1) is 14.2. The van der Waals surface area contributed by atoms with Gasteiger partial charge in [0, 0.05) is 29.4 Å². The Bertz CT molecular complexity index is 970. The number of rotatable bonds is 6. The van der Waals surface area contributed by atoms with Crippen LogP contribution in [0.25, 0.3) is 10.1 Å². The van der Waals surface area contributed by atoms with E-state index in [1.807, 2.05) is 30.5 Å². The molecule has 0 aliphatic carbocycles. The first-order valence-electron chi connectivity index (χ1n) is 10.2. The number of methoxy groups -OCH3 is 1. The molecular weight excluding hydrogens is 382 g/mol. The topological polar surface area (TPSA) is 54.5 Å². The summed E-state index contributed by atoms with van der Waals surface area (Å²) in [5.74, 6) is 1.94. The monoisotopic (exact) mass is 409 g/mol. The molecule has 0 saturated carbocycles. The van der Waals surface area contributed by atoms with Crippen molar-refractivity contribution in [2.45, 2.75) is 32.2 Å². The molecule has 152 valence electrons. The molecule has 0 radical (unpaired) electrons. The predicted molar refractivity (Wildman–Crippen MR) is 119 cm³/mol. The number of amides is 1. The first-order valence-corrected chi connectivity index (χ1v) is 11.1. The van der Waals surface area contributed by atoms with Gasteiger partial charge in [0.25, 0.3) is 0 Å². The molecule has 29 heavy (non-hydrogen) atoms.